The molecule has 1 amide bonds. The zero-order valence-corrected chi connectivity index (χ0v) is 9.03. The molecule has 0 aliphatic heterocycles. The van der Waals surface area contributed by atoms with Gasteiger partial charge in [-0.05, 0) is 6.92 Å². The van der Waals surface area contributed by atoms with Crippen LogP contribution in [-0.2, 0) is 14.3 Å². The quantitative estimate of drug-likeness (QED) is 0.526. The molecule has 15 heavy (non-hydrogen) atoms. The Morgan fingerprint density at radius 3 is 2.47 bits per heavy atom. The topological polar surface area (TPSA) is 102 Å². The molecule has 0 spiro atoms. The number of nitrogens with one attached hydrogen (secondary N) is 1. The van der Waals surface area contributed by atoms with Gasteiger partial charge in [0.1, 0.15) is 0 Å². The van der Waals surface area contributed by atoms with Crippen LogP contribution < -0.4 is 11.1 Å². The first-order valence-electron chi connectivity index (χ1n) is 4.72. The van der Waals surface area contributed by atoms with E-state index >= 15 is 0 Å². The lowest BCUT2D eigenvalue weighted by Gasteiger charge is -2.14. The normalized spacial score (nSPS) is 14.3. The van der Waals surface area contributed by atoms with Crippen molar-refractivity contribution in [2.75, 3.05) is 13.7 Å². The third kappa shape index (κ3) is 7.90. The van der Waals surface area contributed by atoms with Crippen LogP contribution in [0.2, 0.25) is 0 Å². The first-order chi connectivity index (χ1) is 6.95. The van der Waals surface area contributed by atoms with Crippen molar-refractivity contribution in [3.63, 3.8) is 0 Å². The van der Waals surface area contributed by atoms with Crippen LogP contribution >= 0.6 is 0 Å². The van der Waals surface area contributed by atoms with Crippen LogP contribution in [0.5, 0.6) is 0 Å². The molecule has 0 saturated carbocycles. The van der Waals surface area contributed by atoms with E-state index in [2.05, 4.69) is 5.32 Å². The van der Waals surface area contributed by atoms with E-state index in [-0.39, 0.29) is 31.3 Å². The molecule has 4 N–H and O–H groups in total. The molecule has 0 heterocycles. The molecular formula is C9H18N2O4. The minimum absolute atomic E-state index is 0.130. The number of methoxy groups -OCH3 is 1. The molecule has 6 nitrogen and oxygen atoms in total. The maximum absolute atomic E-state index is 11.2. The summed E-state index contributed by atoms with van der Waals surface area (Å²) in [6.45, 7) is 1.92. The van der Waals surface area contributed by atoms with E-state index in [9.17, 15) is 9.59 Å². The molecule has 0 aromatic rings. The number of carbonyl (C=O) groups excluding carboxylic acids is 1. The third-order valence-electron chi connectivity index (χ3n) is 1.77. The minimum Gasteiger partial charge on any atom is -0.481 e. The van der Waals surface area contributed by atoms with E-state index in [1.165, 1.54) is 7.11 Å². The highest BCUT2D eigenvalue weighted by Gasteiger charge is 2.13. The lowest BCUT2D eigenvalue weighted by molar-refractivity contribution is -0.140. The highest BCUT2D eigenvalue weighted by atomic mass is 16.5. The molecule has 0 rings (SSSR count). The van der Waals surface area contributed by atoms with Gasteiger partial charge in [-0.25, -0.2) is 0 Å². The standard InChI is InChI=1S/C9H18N2O4/c1-6(10)3-8(12)11-5-7(15-2)4-9(13)14/h6-7H,3-5,10H2,1-2H3,(H,11,12)(H,13,14). The van der Waals surface area contributed by atoms with Crippen LogP contribution in [0.4, 0.5) is 0 Å². The number of hydrogen-bond acceptors (Lipinski definition) is 4. The summed E-state index contributed by atoms with van der Waals surface area (Å²) in [6, 6.07) is -0.203. The van der Waals surface area contributed by atoms with E-state index < -0.39 is 12.1 Å². The van der Waals surface area contributed by atoms with E-state index in [4.69, 9.17) is 15.6 Å². The number of rotatable bonds is 7. The number of aliphatic carboxylic acids is 1. The summed E-state index contributed by atoms with van der Waals surface area (Å²) in [6.07, 6.45) is -0.405. The highest BCUT2D eigenvalue weighted by Crippen LogP contribution is 1.96. The number of ether oxygens (including phenoxy) is 1. The Morgan fingerprint density at radius 2 is 2.07 bits per heavy atom. The van der Waals surface area contributed by atoms with Crippen LogP contribution in [-0.4, -0.2) is 42.8 Å². The number of carboxylic acid groups (broad SMARTS) is 1. The van der Waals surface area contributed by atoms with Crippen molar-refractivity contribution in [3.05, 3.63) is 0 Å². The van der Waals surface area contributed by atoms with Crippen LogP contribution in [0.15, 0.2) is 0 Å². The number of hydrogen-bond donors (Lipinski definition) is 3. The smallest absolute Gasteiger partial charge is 0.306 e. The largest absolute Gasteiger partial charge is 0.481 e. The molecule has 0 saturated heterocycles. The molecule has 0 aromatic carbocycles. The summed E-state index contributed by atoms with van der Waals surface area (Å²) in [7, 11) is 1.41. The van der Waals surface area contributed by atoms with Crippen LogP contribution in [0, 0.1) is 0 Å². The van der Waals surface area contributed by atoms with Crippen molar-refractivity contribution in [2.45, 2.75) is 31.9 Å². The number of carboxylic acids is 1. The Hall–Kier alpha value is -1.14. The summed E-state index contributed by atoms with van der Waals surface area (Å²) in [5.41, 5.74) is 5.43. The highest BCUT2D eigenvalue weighted by molar-refractivity contribution is 5.76. The van der Waals surface area contributed by atoms with Crippen LogP contribution in [0.1, 0.15) is 19.8 Å². The van der Waals surface area contributed by atoms with Crippen LogP contribution in [0.3, 0.4) is 0 Å². The molecule has 0 aromatic heterocycles. The summed E-state index contributed by atoms with van der Waals surface area (Å²) in [5, 5.41) is 11.1. The Labute approximate surface area is 88.8 Å². The second-order valence-corrected chi connectivity index (χ2v) is 3.44. The lowest BCUT2D eigenvalue weighted by Crippen LogP contribution is -2.36. The number of carbonyl (C=O) groups is 2. The molecule has 88 valence electrons. The van der Waals surface area contributed by atoms with Crippen molar-refractivity contribution in [1.82, 2.24) is 5.32 Å². The predicted octanol–water partition coefficient (Wildman–Crippen LogP) is -0.670. The summed E-state index contributed by atoms with van der Waals surface area (Å²) in [4.78, 5) is 21.5. The molecule has 0 aliphatic rings. The van der Waals surface area contributed by atoms with Crippen LogP contribution in [0.25, 0.3) is 0 Å². The molecule has 0 bridgehead atoms. The van der Waals surface area contributed by atoms with Gasteiger partial charge in [0, 0.05) is 26.1 Å². The molecule has 0 radical (unpaired) electrons. The SMILES string of the molecule is COC(CNC(=O)CC(C)N)CC(=O)O. The first-order valence-corrected chi connectivity index (χ1v) is 4.72. The van der Waals surface area contributed by atoms with Crippen molar-refractivity contribution in [2.24, 2.45) is 5.73 Å². The maximum Gasteiger partial charge on any atom is 0.306 e. The zero-order chi connectivity index (χ0) is 11.8. The number of amides is 1. The predicted molar refractivity (Wildman–Crippen MR) is 54.3 cm³/mol. The summed E-state index contributed by atoms with van der Waals surface area (Å²) in [5.74, 6) is -1.15. The van der Waals surface area contributed by atoms with Crippen molar-refractivity contribution in [3.8, 4) is 0 Å². The van der Waals surface area contributed by atoms with Gasteiger partial charge in [-0.2, -0.15) is 0 Å². The Kier molecular flexibility index (Phi) is 6.64. The first kappa shape index (κ1) is 13.9. The Balaban J connectivity index is 3.79. The van der Waals surface area contributed by atoms with Gasteiger partial charge in [0.15, 0.2) is 0 Å². The van der Waals surface area contributed by atoms with Gasteiger partial charge in [0.2, 0.25) is 5.91 Å². The van der Waals surface area contributed by atoms with Gasteiger partial charge in [-0.1, -0.05) is 0 Å². The van der Waals surface area contributed by atoms with E-state index in [0.717, 1.165) is 0 Å². The second kappa shape index (κ2) is 7.19. The summed E-state index contributed by atoms with van der Waals surface area (Å²) >= 11 is 0. The zero-order valence-electron chi connectivity index (χ0n) is 9.03. The Bertz CT molecular complexity index is 218. The van der Waals surface area contributed by atoms with E-state index in [0.29, 0.717) is 0 Å². The minimum atomic E-state index is -0.955. The molecule has 0 aliphatic carbocycles. The van der Waals surface area contributed by atoms with Gasteiger partial charge >= 0.3 is 5.97 Å². The second-order valence-electron chi connectivity index (χ2n) is 3.44. The van der Waals surface area contributed by atoms with Gasteiger partial charge in [0.05, 0.1) is 12.5 Å². The van der Waals surface area contributed by atoms with Crippen molar-refractivity contribution < 1.29 is 19.4 Å². The fourth-order valence-electron chi connectivity index (χ4n) is 1.03. The summed E-state index contributed by atoms with van der Waals surface area (Å²) < 4.78 is 4.89. The molecular weight excluding hydrogens is 200 g/mol. The van der Waals surface area contributed by atoms with E-state index in [1.54, 1.807) is 6.92 Å². The average molecular weight is 218 g/mol. The fraction of sp³-hybridized carbons (Fsp3) is 0.778. The van der Waals surface area contributed by atoms with Gasteiger partial charge in [-0.3, -0.25) is 9.59 Å². The van der Waals surface area contributed by atoms with Crippen molar-refractivity contribution >= 4 is 11.9 Å². The monoisotopic (exact) mass is 218 g/mol. The molecule has 2 atom stereocenters. The lowest BCUT2D eigenvalue weighted by atomic mass is 10.2. The van der Waals surface area contributed by atoms with Gasteiger partial charge < -0.3 is 20.9 Å². The van der Waals surface area contributed by atoms with Gasteiger partial charge in [0.25, 0.3) is 0 Å². The molecule has 0 fully saturated rings. The third-order valence-corrected chi connectivity index (χ3v) is 1.77. The molecule has 2 unspecified atom stereocenters. The average Bonchev–Trinajstić information content (AvgIpc) is 2.10. The van der Waals surface area contributed by atoms with E-state index in [1.807, 2.05) is 0 Å². The Morgan fingerprint density at radius 1 is 1.47 bits per heavy atom. The number of nitrogens with two attached hydrogens (primary N) is 1. The van der Waals surface area contributed by atoms with Gasteiger partial charge in [-0.15, -0.1) is 0 Å². The molecule has 6 heteroatoms. The maximum atomic E-state index is 11.2. The fourth-order valence-corrected chi connectivity index (χ4v) is 1.03. The van der Waals surface area contributed by atoms with Crippen molar-refractivity contribution in [1.29, 1.82) is 0 Å².